The number of benzene rings is 1. The summed E-state index contributed by atoms with van der Waals surface area (Å²) >= 11 is 1.38. The Hall–Kier alpha value is -3.64. The molecule has 1 aromatic carbocycles. The van der Waals surface area contributed by atoms with Gasteiger partial charge in [-0.05, 0) is 61.4 Å². The molecule has 178 valence electrons. The van der Waals surface area contributed by atoms with Gasteiger partial charge in [-0.25, -0.2) is 9.59 Å². The van der Waals surface area contributed by atoms with E-state index in [-0.39, 0.29) is 13.2 Å². The topological polar surface area (TPSA) is 115 Å². The fourth-order valence-electron chi connectivity index (χ4n) is 3.56. The van der Waals surface area contributed by atoms with E-state index in [4.69, 9.17) is 19.5 Å². The molecule has 1 amide bonds. The quantitative estimate of drug-likeness (QED) is 0.422. The highest BCUT2D eigenvalue weighted by Crippen LogP contribution is 2.40. The van der Waals surface area contributed by atoms with Gasteiger partial charge in [-0.1, -0.05) is 19.1 Å². The summed E-state index contributed by atoms with van der Waals surface area (Å²) in [5, 5.41) is 11.7. The number of rotatable bonds is 9. The number of carbonyl (C=O) groups excluding carboxylic acids is 3. The summed E-state index contributed by atoms with van der Waals surface area (Å²) in [7, 11) is 0. The standard InChI is InChI=1S/C25H26N2O6S/c1-3-31-25(30)23-19-10-4-16(2)14-20(19)34-24(23)27-21(28)15-33-22(29)11-7-17-5-8-18(9-6-17)32-13-12-26/h5-9,11,16H,3-4,10,13-15H2,1-2H3,(H,27,28)/b11-7+. The van der Waals surface area contributed by atoms with Gasteiger partial charge in [0.1, 0.15) is 16.8 Å². The molecule has 9 heteroatoms. The number of esters is 2. The summed E-state index contributed by atoms with van der Waals surface area (Å²) in [5.41, 5.74) is 2.08. The molecule has 1 aliphatic carbocycles. The van der Waals surface area contributed by atoms with Crippen LogP contribution in [0.1, 0.15) is 46.6 Å². The first-order chi connectivity index (χ1) is 16.4. The summed E-state index contributed by atoms with van der Waals surface area (Å²) in [4.78, 5) is 38.1. The first-order valence-electron chi connectivity index (χ1n) is 11.0. The zero-order chi connectivity index (χ0) is 24.5. The number of anilines is 1. The number of hydrogen-bond donors (Lipinski definition) is 1. The Balaban J connectivity index is 1.57. The molecule has 0 saturated heterocycles. The number of carbonyl (C=O) groups is 3. The van der Waals surface area contributed by atoms with Crippen LogP contribution in [0, 0.1) is 17.2 Å². The number of hydrogen-bond acceptors (Lipinski definition) is 8. The monoisotopic (exact) mass is 482 g/mol. The Morgan fingerprint density at radius 1 is 1.24 bits per heavy atom. The highest BCUT2D eigenvalue weighted by atomic mass is 32.1. The third-order valence-electron chi connectivity index (χ3n) is 5.19. The number of fused-ring (bicyclic) bond motifs is 1. The van der Waals surface area contributed by atoms with Crippen LogP contribution in [0.2, 0.25) is 0 Å². The largest absolute Gasteiger partial charge is 0.479 e. The van der Waals surface area contributed by atoms with Crippen LogP contribution in [0.15, 0.2) is 30.3 Å². The maximum atomic E-state index is 12.5. The molecule has 34 heavy (non-hydrogen) atoms. The number of nitriles is 1. The zero-order valence-electron chi connectivity index (χ0n) is 19.1. The van der Waals surface area contributed by atoms with Crippen molar-refractivity contribution in [3.8, 4) is 11.8 Å². The molecule has 0 radical (unpaired) electrons. The molecule has 1 heterocycles. The predicted molar refractivity (Wildman–Crippen MR) is 128 cm³/mol. The van der Waals surface area contributed by atoms with Gasteiger partial charge in [0, 0.05) is 11.0 Å². The lowest BCUT2D eigenvalue weighted by Crippen LogP contribution is -2.21. The van der Waals surface area contributed by atoms with Gasteiger partial charge in [-0.3, -0.25) is 4.79 Å². The summed E-state index contributed by atoms with van der Waals surface area (Å²) in [5.74, 6) is -0.597. The molecule has 1 aromatic heterocycles. The van der Waals surface area contributed by atoms with Crippen molar-refractivity contribution >= 4 is 40.3 Å². The van der Waals surface area contributed by atoms with Gasteiger partial charge in [-0.2, -0.15) is 5.26 Å². The molecule has 0 fully saturated rings. The van der Waals surface area contributed by atoms with E-state index < -0.39 is 24.5 Å². The summed E-state index contributed by atoms with van der Waals surface area (Å²) in [6, 6.07) is 8.69. The molecule has 1 unspecified atom stereocenters. The Morgan fingerprint density at radius 3 is 2.71 bits per heavy atom. The number of thiophene rings is 1. The first-order valence-corrected chi connectivity index (χ1v) is 11.8. The summed E-state index contributed by atoms with van der Waals surface area (Å²) in [6.45, 7) is 3.62. The van der Waals surface area contributed by atoms with Gasteiger partial charge >= 0.3 is 11.9 Å². The number of ether oxygens (including phenoxy) is 3. The molecule has 1 atom stereocenters. The van der Waals surface area contributed by atoms with E-state index in [1.165, 1.54) is 17.4 Å². The Morgan fingerprint density at radius 2 is 2.00 bits per heavy atom. The van der Waals surface area contributed by atoms with Gasteiger partial charge in [0.2, 0.25) is 0 Å². The maximum absolute atomic E-state index is 12.5. The minimum Gasteiger partial charge on any atom is -0.479 e. The first kappa shape index (κ1) is 25.0. The van der Waals surface area contributed by atoms with Crippen LogP contribution in [0.4, 0.5) is 5.00 Å². The van der Waals surface area contributed by atoms with E-state index in [0.717, 1.165) is 35.3 Å². The Kier molecular flexibility index (Phi) is 8.82. The molecular weight excluding hydrogens is 456 g/mol. The minimum absolute atomic E-state index is 0.0436. The van der Waals surface area contributed by atoms with Gasteiger partial charge < -0.3 is 19.5 Å². The molecule has 3 rings (SSSR count). The lowest BCUT2D eigenvalue weighted by atomic mass is 9.88. The van der Waals surface area contributed by atoms with Gasteiger partial charge in [0.05, 0.1) is 12.2 Å². The van der Waals surface area contributed by atoms with E-state index in [0.29, 0.717) is 22.2 Å². The molecular formula is C25H26N2O6S. The lowest BCUT2D eigenvalue weighted by molar-refractivity contribution is -0.142. The summed E-state index contributed by atoms with van der Waals surface area (Å²) < 4.78 is 15.4. The van der Waals surface area contributed by atoms with Crippen molar-refractivity contribution in [2.24, 2.45) is 5.92 Å². The van der Waals surface area contributed by atoms with Crippen molar-refractivity contribution in [3.63, 3.8) is 0 Å². The number of amides is 1. The molecule has 0 bridgehead atoms. The van der Waals surface area contributed by atoms with Crippen LogP contribution in [0.25, 0.3) is 6.08 Å². The molecule has 0 saturated carbocycles. The SMILES string of the molecule is CCOC(=O)c1c(NC(=O)COC(=O)/C=C/c2ccc(OCC#N)cc2)sc2c1CCC(C)C2. The van der Waals surface area contributed by atoms with Crippen molar-refractivity contribution < 1.29 is 28.6 Å². The van der Waals surface area contributed by atoms with Gasteiger partial charge in [-0.15, -0.1) is 11.3 Å². The summed E-state index contributed by atoms with van der Waals surface area (Å²) in [6.07, 6.45) is 5.36. The molecule has 2 aromatic rings. The third-order valence-corrected chi connectivity index (χ3v) is 6.35. The van der Waals surface area contributed by atoms with Crippen molar-refractivity contribution in [2.75, 3.05) is 25.1 Å². The lowest BCUT2D eigenvalue weighted by Gasteiger charge is -2.18. The van der Waals surface area contributed by atoms with Crippen LogP contribution in [-0.4, -0.2) is 37.7 Å². The zero-order valence-corrected chi connectivity index (χ0v) is 19.9. The molecule has 1 N–H and O–H groups in total. The maximum Gasteiger partial charge on any atom is 0.341 e. The minimum atomic E-state index is -0.676. The number of nitrogens with one attached hydrogen (secondary N) is 1. The van der Waals surface area contributed by atoms with Gasteiger partial charge in [0.25, 0.3) is 5.91 Å². The molecule has 8 nitrogen and oxygen atoms in total. The molecule has 0 aliphatic heterocycles. The van der Waals surface area contributed by atoms with Crippen molar-refractivity contribution in [3.05, 3.63) is 51.9 Å². The van der Waals surface area contributed by atoms with Gasteiger partial charge in [0.15, 0.2) is 13.2 Å². The predicted octanol–water partition coefficient (Wildman–Crippen LogP) is 4.15. The van der Waals surface area contributed by atoms with Crippen LogP contribution >= 0.6 is 11.3 Å². The van der Waals surface area contributed by atoms with Crippen LogP contribution in [-0.2, 0) is 31.9 Å². The van der Waals surface area contributed by atoms with E-state index in [1.54, 1.807) is 37.3 Å². The second-order valence-corrected chi connectivity index (χ2v) is 8.89. The number of nitrogens with zero attached hydrogens (tertiary/aromatic N) is 1. The fraction of sp³-hybridized carbons (Fsp3) is 0.360. The highest BCUT2D eigenvalue weighted by Gasteiger charge is 2.29. The third kappa shape index (κ3) is 6.68. The second kappa shape index (κ2) is 12.0. The normalized spacial score (nSPS) is 14.7. The van der Waals surface area contributed by atoms with Crippen LogP contribution in [0.3, 0.4) is 0 Å². The average molecular weight is 483 g/mol. The van der Waals surface area contributed by atoms with Crippen LogP contribution < -0.4 is 10.1 Å². The van der Waals surface area contributed by atoms with E-state index in [2.05, 4.69) is 12.2 Å². The molecule has 1 aliphatic rings. The van der Waals surface area contributed by atoms with E-state index >= 15 is 0 Å². The van der Waals surface area contributed by atoms with E-state index in [9.17, 15) is 14.4 Å². The van der Waals surface area contributed by atoms with Crippen molar-refractivity contribution in [1.29, 1.82) is 5.26 Å². The van der Waals surface area contributed by atoms with Crippen molar-refractivity contribution in [1.82, 2.24) is 0 Å². The second-order valence-electron chi connectivity index (χ2n) is 7.78. The van der Waals surface area contributed by atoms with Crippen LogP contribution in [0.5, 0.6) is 5.75 Å². The van der Waals surface area contributed by atoms with E-state index in [1.807, 2.05) is 6.07 Å². The Bertz CT molecular complexity index is 1110. The average Bonchev–Trinajstić information content (AvgIpc) is 3.17. The Labute approximate surface area is 202 Å². The molecule has 0 spiro atoms. The van der Waals surface area contributed by atoms with Crippen molar-refractivity contribution in [2.45, 2.75) is 33.1 Å². The highest BCUT2D eigenvalue weighted by molar-refractivity contribution is 7.17. The fourth-order valence-corrected chi connectivity index (χ4v) is 4.98. The smallest absolute Gasteiger partial charge is 0.341 e.